The molecule has 0 fully saturated rings. The van der Waals surface area contributed by atoms with Crippen LogP contribution < -0.4 is 0 Å². The van der Waals surface area contributed by atoms with Gasteiger partial charge >= 0.3 is 0 Å². The Bertz CT molecular complexity index is 425. The molecule has 1 aliphatic carbocycles. The summed E-state index contributed by atoms with van der Waals surface area (Å²) in [7, 11) is 0. The van der Waals surface area contributed by atoms with Gasteiger partial charge in [0.1, 0.15) is 0 Å². The number of Topliss-reactive ketones (excluding diaryl/α,β-unsaturated/α-hetero) is 1. The van der Waals surface area contributed by atoms with Crippen LogP contribution in [0.5, 0.6) is 0 Å². The molecule has 0 amide bonds. The van der Waals surface area contributed by atoms with Crippen LogP contribution in [0.4, 0.5) is 0 Å². The van der Waals surface area contributed by atoms with Crippen molar-refractivity contribution in [3.05, 3.63) is 35.4 Å². The Morgan fingerprint density at radius 3 is 2.44 bits per heavy atom. The van der Waals surface area contributed by atoms with Gasteiger partial charge in [0, 0.05) is 11.0 Å². The molecule has 16 heavy (non-hydrogen) atoms. The highest BCUT2D eigenvalue weighted by Gasteiger charge is 2.43. The third kappa shape index (κ3) is 1.91. The fourth-order valence-corrected chi connectivity index (χ4v) is 3.03. The van der Waals surface area contributed by atoms with Crippen molar-refractivity contribution in [2.75, 3.05) is 0 Å². The lowest BCUT2D eigenvalue weighted by Crippen LogP contribution is -2.29. The van der Waals surface area contributed by atoms with E-state index in [0.29, 0.717) is 5.78 Å². The molecule has 2 rings (SSSR count). The summed E-state index contributed by atoms with van der Waals surface area (Å²) in [6, 6.07) is 8.03. The number of fused-ring (bicyclic) bond motifs is 1. The minimum absolute atomic E-state index is 0.193. The van der Waals surface area contributed by atoms with E-state index in [9.17, 15) is 4.79 Å². The largest absolute Gasteiger partial charge is 0.294 e. The molecular weight excluding hydrogens is 196 g/mol. The van der Waals surface area contributed by atoms with Gasteiger partial charge in [-0.25, -0.2) is 0 Å². The second kappa shape index (κ2) is 3.44. The Hall–Kier alpha value is -1.11. The first-order chi connectivity index (χ1) is 7.32. The van der Waals surface area contributed by atoms with Crippen LogP contribution >= 0.6 is 0 Å². The van der Waals surface area contributed by atoms with Crippen molar-refractivity contribution in [2.45, 2.75) is 40.5 Å². The average Bonchev–Trinajstić information content (AvgIpc) is 2.37. The SMILES string of the molecule is CC(C)(C)CC1(C)Cc2ccccc2C1=O. The summed E-state index contributed by atoms with van der Waals surface area (Å²) in [5, 5.41) is 0. The zero-order valence-electron chi connectivity index (χ0n) is 10.6. The number of hydrogen-bond donors (Lipinski definition) is 0. The highest BCUT2D eigenvalue weighted by Crippen LogP contribution is 2.44. The summed E-state index contributed by atoms with van der Waals surface area (Å²) in [5.41, 5.74) is 2.17. The molecule has 0 radical (unpaired) electrons. The van der Waals surface area contributed by atoms with Gasteiger partial charge in [-0.2, -0.15) is 0 Å². The number of benzene rings is 1. The Morgan fingerprint density at radius 1 is 1.25 bits per heavy atom. The minimum Gasteiger partial charge on any atom is -0.294 e. The predicted molar refractivity (Wildman–Crippen MR) is 66.7 cm³/mol. The minimum atomic E-state index is -0.193. The highest BCUT2D eigenvalue weighted by atomic mass is 16.1. The van der Waals surface area contributed by atoms with Crippen LogP contribution in [0.15, 0.2) is 24.3 Å². The van der Waals surface area contributed by atoms with Crippen LogP contribution in [0.25, 0.3) is 0 Å². The molecule has 86 valence electrons. The molecular formula is C15H20O. The fourth-order valence-electron chi connectivity index (χ4n) is 3.03. The van der Waals surface area contributed by atoms with Gasteiger partial charge in [-0.15, -0.1) is 0 Å². The van der Waals surface area contributed by atoms with Crippen molar-refractivity contribution in [1.29, 1.82) is 0 Å². The Morgan fingerprint density at radius 2 is 1.88 bits per heavy atom. The number of carbonyl (C=O) groups is 1. The van der Waals surface area contributed by atoms with Crippen molar-refractivity contribution in [3.63, 3.8) is 0 Å². The van der Waals surface area contributed by atoms with E-state index in [4.69, 9.17) is 0 Å². The molecule has 0 bridgehead atoms. The molecule has 0 saturated carbocycles. The van der Waals surface area contributed by atoms with Gasteiger partial charge in [0.2, 0.25) is 0 Å². The highest BCUT2D eigenvalue weighted by molar-refractivity contribution is 6.04. The second-order valence-electron chi connectivity index (χ2n) is 6.46. The summed E-state index contributed by atoms with van der Waals surface area (Å²) in [5.74, 6) is 0.332. The number of rotatable bonds is 1. The van der Waals surface area contributed by atoms with Crippen molar-refractivity contribution >= 4 is 5.78 Å². The molecule has 0 saturated heterocycles. The zero-order chi connectivity index (χ0) is 12.0. The maximum atomic E-state index is 12.4. The molecule has 1 aromatic rings. The van der Waals surface area contributed by atoms with Crippen LogP contribution in [-0.4, -0.2) is 5.78 Å². The van der Waals surface area contributed by atoms with Crippen molar-refractivity contribution in [1.82, 2.24) is 0 Å². The van der Waals surface area contributed by atoms with E-state index in [1.165, 1.54) is 5.56 Å². The fraction of sp³-hybridized carbons (Fsp3) is 0.533. The normalized spacial score (nSPS) is 24.6. The van der Waals surface area contributed by atoms with E-state index in [2.05, 4.69) is 33.8 Å². The number of hydrogen-bond acceptors (Lipinski definition) is 1. The predicted octanol–water partition coefficient (Wildman–Crippen LogP) is 3.87. The molecule has 0 N–H and O–H groups in total. The molecule has 0 spiro atoms. The van der Waals surface area contributed by atoms with Gasteiger partial charge < -0.3 is 0 Å². The Labute approximate surface area is 97.9 Å². The van der Waals surface area contributed by atoms with Gasteiger partial charge in [0.05, 0.1) is 0 Å². The average molecular weight is 216 g/mol. The number of ketones is 1. The van der Waals surface area contributed by atoms with Gasteiger partial charge in [0.25, 0.3) is 0 Å². The molecule has 1 heteroatoms. The third-order valence-corrected chi connectivity index (χ3v) is 3.31. The smallest absolute Gasteiger partial charge is 0.169 e. The zero-order valence-corrected chi connectivity index (χ0v) is 10.6. The van der Waals surface area contributed by atoms with Crippen molar-refractivity contribution < 1.29 is 4.79 Å². The van der Waals surface area contributed by atoms with Crippen molar-refractivity contribution in [2.24, 2.45) is 10.8 Å². The first kappa shape index (κ1) is 11.4. The van der Waals surface area contributed by atoms with E-state index in [1.54, 1.807) is 0 Å². The van der Waals surface area contributed by atoms with Gasteiger partial charge in [-0.3, -0.25) is 4.79 Å². The summed E-state index contributed by atoms with van der Waals surface area (Å²) in [6.45, 7) is 8.72. The summed E-state index contributed by atoms with van der Waals surface area (Å²) in [6.07, 6.45) is 1.85. The van der Waals surface area contributed by atoms with Crippen LogP contribution in [-0.2, 0) is 6.42 Å². The lowest BCUT2D eigenvalue weighted by molar-refractivity contribution is 0.0770. The van der Waals surface area contributed by atoms with Gasteiger partial charge in [-0.05, 0) is 23.8 Å². The summed E-state index contributed by atoms with van der Waals surface area (Å²) < 4.78 is 0. The number of carbonyl (C=O) groups excluding carboxylic acids is 1. The topological polar surface area (TPSA) is 17.1 Å². The maximum absolute atomic E-state index is 12.4. The van der Waals surface area contributed by atoms with E-state index in [1.807, 2.05) is 18.2 Å². The molecule has 1 nitrogen and oxygen atoms in total. The van der Waals surface area contributed by atoms with Crippen LogP contribution in [0, 0.1) is 10.8 Å². The molecule has 1 unspecified atom stereocenters. The van der Waals surface area contributed by atoms with Crippen molar-refractivity contribution in [3.8, 4) is 0 Å². The monoisotopic (exact) mass is 216 g/mol. The van der Waals surface area contributed by atoms with Crippen LogP contribution in [0.1, 0.15) is 50.0 Å². The van der Waals surface area contributed by atoms with Crippen LogP contribution in [0.2, 0.25) is 0 Å². The molecule has 0 aliphatic heterocycles. The van der Waals surface area contributed by atoms with E-state index in [-0.39, 0.29) is 10.8 Å². The first-order valence-electron chi connectivity index (χ1n) is 5.95. The van der Waals surface area contributed by atoms with Gasteiger partial charge in [-0.1, -0.05) is 52.0 Å². The maximum Gasteiger partial charge on any atom is 0.169 e. The standard InChI is InChI=1S/C15H20O/c1-14(2,3)10-15(4)9-11-7-5-6-8-12(11)13(15)16/h5-8H,9-10H2,1-4H3. The molecule has 1 atom stereocenters. The third-order valence-electron chi connectivity index (χ3n) is 3.31. The second-order valence-corrected chi connectivity index (χ2v) is 6.46. The Kier molecular flexibility index (Phi) is 2.45. The van der Waals surface area contributed by atoms with Crippen LogP contribution in [0.3, 0.4) is 0 Å². The summed E-state index contributed by atoms with van der Waals surface area (Å²) in [4.78, 5) is 12.4. The lowest BCUT2D eigenvalue weighted by atomic mass is 9.72. The molecule has 0 aromatic heterocycles. The van der Waals surface area contributed by atoms with E-state index in [0.717, 1.165) is 18.4 Å². The lowest BCUT2D eigenvalue weighted by Gasteiger charge is -2.30. The quantitative estimate of drug-likeness (QED) is 0.696. The van der Waals surface area contributed by atoms with E-state index < -0.39 is 0 Å². The molecule has 0 heterocycles. The first-order valence-corrected chi connectivity index (χ1v) is 5.95. The van der Waals surface area contributed by atoms with E-state index >= 15 is 0 Å². The molecule has 1 aromatic carbocycles. The molecule has 1 aliphatic rings. The Balaban J connectivity index is 2.33. The van der Waals surface area contributed by atoms with Gasteiger partial charge in [0.15, 0.2) is 5.78 Å². The summed E-state index contributed by atoms with van der Waals surface area (Å²) >= 11 is 0.